The van der Waals surface area contributed by atoms with Crippen molar-refractivity contribution in [2.24, 2.45) is 0 Å². The molecule has 1 N–H and O–H groups in total. The van der Waals surface area contributed by atoms with E-state index in [-0.39, 0.29) is 6.04 Å². The molecule has 2 nitrogen and oxygen atoms in total. The minimum atomic E-state index is 0.244. The summed E-state index contributed by atoms with van der Waals surface area (Å²) in [4.78, 5) is 0. The van der Waals surface area contributed by atoms with Crippen LogP contribution in [0.2, 0.25) is 0 Å². The van der Waals surface area contributed by atoms with E-state index >= 15 is 0 Å². The highest BCUT2D eigenvalue weighted by atomic mass is 35.5. The predicted molar refractivity (Wildman–Crippen MR) is 64.4 cm³/mol. The molecule has 0 aliphatic heterocycles. The third-order valence-corrected chi connectivity index (χ3v) is 2.41. The van der Waals surface area contributed by atoms with Gasteiger partial charge in [0.15, 0.2) is 0 Å². The lowest BCUT2D eigenvalue weighted by atomic mass is 10.1. The second-order valence-electron chi connectivity index (χ2n) is 3.23. The highest BCUT2D eigenvalue weighted by molar-refractivity contribution is 6.25. The molecule has 0 aromatic heterocycles. The fourth-order valence-corrected chi connectivity index (χ4v) is 1.51. The molecule has 15 heavy (non-hydrogen) atoms. The maximum Gasteiger partial charge on any atom is 0.123 e. The lowest BCUT2D eigenvalue weighted by Gasteiger charge is -2.16. The van der Waals surface area contributed by atoms with Crippen LogP contribution in [-0.4, -0.2) is 13.7 Å². The molecule has 0 amide bonds. The average molecular weight is 226 g/mol. The summed E-state index contributed by atoms with van der Waals surface area (Å²) in [5.74, 6) is 0.910. The summed E-state index contributed by atoms with van der Waals surface area (Å²) in [6.07, 6.45) is 1.87. The summed E-state index contributed by atoms with van der Waals surface area (Å²) >= 11 is 5.44. The maximum atomic E-state index is 5.44. The van der Waals surface area contributed by atoms with E-state index in [2.05, 4.69) is 18.3 Å². The Morgan fingerprint density at radius 3 is 2.87 bits per heavy atom. The Labute approximate surface area is 95.9 Å². The van der Waals surface area contributed by atoms with E-state index in [1.807, 2.05) is 24.3 Å². The van der Waals surface area contributed by atoms with E-state index in [0.717, 1.165) is 17.9 Å². The smallest absolute Gasteiger partial charge is 0.123 e. The van der Waals surface area contributed by atoms with Crippen LogP contribution in [0.4, 0.5) is 0 Å². The van der Waals surface area contributed by atoms with Crippen LogP contribution in [-0.2, 0) is 0 Å². The van der Waals surface area contributed by atoms with Crippen molar-refractivity contribution in [3.63, 3.8) is 0 Å². The van der Waals surface area contributed by atoms with Crippen LogP contribution in [0.15, 0.2) is 35.9 Å². The van der Waals surface area contributed by atoms with E-state index in [1.54, 1.807) is 7.11 Å². The monoisotopic (exact) mass is 225 g/mol. The van der Waals surface area contributed by atoms with Crippen LogP contribution in [0.25, 0.3) is 0 Å². The van der Waals surface area contributed by atoms with Gasteiger partial charge in [0.25, 0.3) is 0 Å². The maximum absolute atomic E-state index is 5.44. The Kier molecular flexibility index (Phi) is 5.22. The molecule has 0 fully saturated rings. The van der Waals surface area contributed by atoms with E-state index < -0.39 is 0 Å². The lowest BCUT2D eigenvalue weighted by Crippen LogP contribution is -2.18. The molecule has 0 unspecified atom stereocenters. The number of ether oxygens (including phenoxy) is 1. The third-order valence-electron chi connectivity index (χ3n) is 2.24. The number of benzene rings is 1. The molecular formula is C12H16ClNO. The molecular weight excluding hydrogens is 210 g/mol. The molecule has 0 heterocycles. The van der Waals surface area contributed by atoms with E-state index in [4.69, 9.17) is 16.3 Å². The van der Waals surface area contributed by atoms with E-state index in [1.165, 1.54) is 5.54 Å². The Bertz CT molecular complexity index is 325. The van der Waals surface area contributed by atoms with Crippen molar-refractivity contribution in [2.75, 3.05) is 13.7 Å². The summed E-state index contributed by atoms with van der Waals surface area (Å²) < 4.78 is 5.29. The standard InChI is InChI=1S/C12H16ClNO/c1-10(14-9-5-8-13)11-6-3-4-7-12(11)15-2/h3-8,10,14H,9H2,1-2H3/b8-5+/t10-/m1/s1. The predicted octanol–water partition coefficient (Wildman–Crippen LogP) is 3.10. The first kappa shape index (κ1) is 12.1. The van der Waals surface area contributed by atoms with Gasteiger partial charge in [-0.3, -0.25) is 0 Å². The van der Waals surface area contributed by atoms with Crippen LogP contribution in [0.1, 0.15) is 18.5 Å². The first-order valence-corrected chi connectivity index (χ1v) is 5.34. The molecule has 0 saturated heterocycles. The first-order valence-electron chi connectivity index (χ1n) is 4.91. The average Bonchev–Trinajstić information content (AvgIpc) is 2.29. The van der Waals surface area contributed by atoms with Crippen molar-refractivity contribution in [1.82, 2.24) is 5.32 Å². The van der Waals surface area contributed by atoms with Crippen LogP contribution in [0, 0.1) is 0 Å². The molecule has 0 bridgehead atoms. The van der Waals surface area contributed by atoms with Crippen molar-refractivity contribution < 1.29 is 4.74 Å². The van der Waals surface area contributed by atoms with Gasteiger partial charge in [-0.25, -0.2) is 0 Å². The van der Waals surface area contributed by atoms with Gasteiger partial charge in [0.1, 0.15) is 5.75 Å². The molecule has 0 aliphatic carbocycles. The number of para-hydroxylation sites is 1. The normalized spacial score (nSPS) is 13.0. The van der Waals surface area contributed by atoms with Gasteiger partial charge in [0.2, 0.25) is 0 Å². The van der Waals surface area contributed by atoms with E-state index in [9.17, 15) is 0 Å². The number of halogens is 1. The fourth-order valence-electron chi connectivity index (χ4n) is 1.42. The van der Waals surface area contributed by atoms with Crippen molar-refractivity contribution in [2.45, 2.75) is 13.0 Å². The van der Waals surface area contributed by atoms with Gasteiger partial charge in [0.05, 0.1) is 7.11 Å². The lowest BCUT2D eigenvalue weighted by molar-refractivity contribution is 0.403. The quantitative estimate of drug-likeness (QED) is 0.832. The van der Waals surface area contributed by atoms with Gasteiger partial charge in [0, 0.05) is 23.7 Å². The van der Waals surface area contributed by atoms with Crippen LogP contribution in [0.5, 0.6) is 5.75 Å². The van der Waals surface area contributed by atoms with Crippen LogP contribution >= 0.6 is 11.6 Å². The number of hydrogen-bond donors (Lipinski definition) is 1. The van der Waals surface area contributed by atoms with Gasteiger partial charge in [-0.1, -0.05) is 35.9 Å². The summed E-state index contributed by atoms with van der Waals surface area (Å²) in [5, 5.41) is 3.32. The topological polar surface area (TPSA) is 21.3 Å². The first-order chi connectivity index (χ1) is 7.29. The minimum absolute atomic E-state index is 0.244. The van der Waals surface area contributed by atoms with Crippen molar-refractivity contribution in [3.05, 3.63) is 41.4 Å². The number of rotatable bonds is 5. The van der Waals surface area contributed by atoms with Crippen molar-refractivity contribution in [1.29, 1.82) is 0 Å². The second kappa shape index (κ2) is 6.49. The SMILES string of the molecule is COc1ccccc1[C@@H](C)NC/C=C/Cl. The zero-order valence-electron chi connectivity index (χ0n) is 9.03. The second-order valence-corrected chi connectivity index (χ2v) is 3.49. The highest BCUT2D eigenvalue weighted by Gasteiger charge is 2.08. The zero-order valence-corrected chi connectivity index (χ0v) is 9.79. The zero-order chi connectivity index (χ0) is 11.1. The van der Waals surface area contributed by atoms with Gasteiger partial charge in [-0.2, -0.15) is 0 Å². The van der Waals surface area contributed by atoms with Gasteiger partial charge in [-0.15, -0.1) is 0 Å². The molecule has 1 aromatic carbocycles. The largest absolute Gasteiger partial charge is 0.496 e. The molecule has 0 spiro atoms. The van der Waals surface area contributed by atoms with Gasteiger partial charge in [-0.05, 0) is 13.0 Å². The molecule has 0 radical (unpaired) electrons. The molecule has 1 rings (SSSR count). The Balaban J connectivity index is 2.67. The van der Waals surface area contributed by atoms with Crippen molar-refractivity contribution >= 4 is 11.6 Å². The fraction of sp³-hybridized carbons (Fsp3) is 0.333. The summed E-state index contributed by atoms with van der Waals surface area (Å²) in [5.41, 5.74) is 2.67. The number of hydrogen-bond acceptors (Lipinski definition) is 2. The third kappa shape index (κ3) is 3.57. The Morgan fingerprint density at radius 1 is 1.47 bits per heavy atom. The van der Waals surface area contributed by atoms with Crippen LogP contribution in [0.3, 0.4) is 0 Å². The minimum Gasteiger partial charge on any atom is -0.496 e. The molecule has 82 valence electrons. The van der Waals surface area contributed by atoms with Crippen molar-refractivity contribution in [3.8, 4) is 5.75 Å². The number of nitrogens with one attached hydrogen (secondary N) is 1. The Hall–Kier alpha value is -0.990. The van der Waals surface area contributed by atoms with Gasteiger partial charge < -0.3 is 10.1 Å². The summed E-state index contributed by atoms with van der Waals surface area (Å²) in [6.45, 7) is 2.85. The number of methoxy groups -OCH3 is 1. The van der Waals surface area contributed by atoms with E-state index in [0.29, 0.717) is 0 Å². The molecule has 0 aliphatic rings. The molecule has 1 atom stereocenters. The molecule has 3 heteroatoms. The highest BCUT2D eigenvalue weighted by Crippen LogP contribution is 2.23. The van der Waals surface area contributed by atoms with Crippen LogP contribution < -0.4 is 10.1 Å². The summed E-state index contributed by atoms with van der Waals surface area (Å²) in [7, 11) is 1.68. The Morgan fingerprint density at radius 2 is 2.20 bits per heavy atom. The summed E-state index contributed by atoms with van der Waals surface area (Å²) in [6, 6.07) is 8.24. The van der Waals surface area contributed by atoms with Gasteiger partial charge >= 0.3 is 0 Å². The molecule has 0 saturated carbocycles. The molecule has 1 aromatic rings.